The van der Waals surface area contributed by atoms with Crippen LogP contribution >= 0.6 is 11.8 Å². The summed E-state index contributed by atoms with van der Waals surface area (Å²) in [6, 6.07) is 7.82. The van der Waals surface area contributed by atoms with Crippen LogP contribution in [0.5, 0.6) is 0 Å². The van der Waals surface area contributed by atoms with Crippen molar-refractivity contribution in [1.82, 2.24) is 4.98 Å². The Bertz CT molecular complexity index is 650. The summed E-state index contributed by atoms with van der Waals surface area (Å²) >= 11 is 1.52. The van der Waals surface area contributed by atoms with E-state index in [4.69, 9.17) is 0 Å². The van der Waals surface area contributed by atoms with Gasteiger partial charge < -0.3 is 5.32 Å². The quantitative estimate of drug-likeness (QED) is 0.865. The largest absolute Gasteiger partial charge is 0.322 e. The van der Waals surface area contributed by atoms with Gasteiger partial charge in [-0.15, -0.1) is 11.8 Å². The molecule has 1 amide bonds. The zero-order valence-electron chi connectivity index (χ0n) is 11.2. The van der Waals surface area contributed by atoms with E-state index in [1.54, 1.807) is 6.20 Å². The number of fused-ring (bicyclic) bond motifs is 1. The van der Waals surface area contributed by atoms with Crippen LogP contribution in [-0.2, 0) is 4.79 Å². The maximum absolute atomic E-state index is 12.0. The predicted octanol–water partition coefficient (Wildman–Crippen LogP) is 3.75. The van der Waals surface area contributed by atoms with Gasteiger partial charge in [-0.2, -0.15) is 0 Å². The van der Waals surface area contributed by atoms with Crippen LogP contribution in [0.4, 0.5) is 5.69 Å². The van der Waals surface area contributed by atoms with E-state index in [-0.39, 0.29) is 5.91 Å². The number of pyridine rings is 1. The fourth-order valence-electron chi connectivity index (χ4n) is 1.81. The highest BCUT2D eigenvalue weighted by atomic mass is 32.2. The molecule has 1 aromatic carbocycles. The molecule has 0 spiro atoms. The number of carbonyl (C=O) groups is 1. The smallest absolute Gasteiger partial charge is 0.251 e. The Morgan fingerprint density at radius 2 is 2.21 bits per heavy atom. The van der Waals surface area contributed by atoms with Crippen molar-refractivity contribution in [2.75, 3.05) is 11.6 Å². The zero-order chi connectivity index (χ0) is 13.8. The summed E-state index contributed by atoms with van der Waals surface area (Å²) in [5.41, 5.74) is 3.49. The van der Waals surface area contributed by atoms with E-state index in [9.17, 15) is 4.79 Å². The Morgan fingerprint density at radius 3 is 2.95 bits per heavy atom. The van der Waals surface area contributed by atoms with Crippen molar-refractivity contribution in [2.24, 2.45) is 0 Å². The van der Waals surface area contributed by atoms with Crippen LogP contribution in [0.1, 0.15) is 12.5 Å². The number of aromatic nitrogens is 1. The molecule has 0 aliphatic rings. The SMILES string of the molecule is CSC=C(C)C(=O)Nc1cc2cccnc2cc1C. The first-order valence-electron chi connectivity index (χ1n) is 5.98. The van der Waals surface area contributed by atoms with Crippen LogP contribution in [0, 0.1) is 6.92 Å². The molecule has 19 heavy (non-hydrogen) atoms. The lowest BCUT2D eigenvalue weighted by Crippen LogP contribution is -2.13. The van der Waals surface area contributed by atoms with Gasteiger partial charge >= 0.3 is 0 Å². The standard InChI is InChI=1S/C15H16N2OS/c1-10-7-14-12(5-4-6-16-14)8-13(10)17-15(18)11(2)9-19-3/h4-9H,1-3H3,(H,17,18). The zero-order valence-corrected chi connectivity index (χ0v) is 12.0. The Balaban J connectivity index is 2.33. The van der Waals surface area contributed by atoms with Gasteiger partial charge in [0.1, 0.15) is 0 Å². The lowest BCUT2D eigenvalue weighted by molar-refractivity contribution is -0.112. The van der Waals surface area contributed by atoms with Crippen molar-refractivity contribution in [2.45, 2.75) is 13.8 Å². The molecule has 2 aromatic rings. The van der Waals surface area contributed by atoms with Gasteiger partial charge in [0.15, 0.2) is 0 Å². The molecule has 0 bridgehead atoms. The Morgan fingerprint density at radius 1 is 1.42 bits per heavy atom. The van der Waals surface area contributed by atoms with Gasteiger partial charge in [-0.05, 0) is 49.3 Å². The van der Waals surface area contributed by atoms with E-state index in [0.29, 0.717) is 5.57 Å². The van der Waals surface area contributed by atoms with E-state index < -0.39 is 0 Å². The molecule has 1 aromatic heterocycles. The van der Waals surface area contributed by atoms with Crippen LogP contribution in [0.2, 0.25) is 0 Å². The van der Waals surface area contributed by atoms with Gasteiger partial charge in [0.25, 0.3) is 5.91 Å². The van der Waals surface area contributed by atoms with Crippen LogP contribution < -0.4 is 5.32 Å². The second-order valence-electron chi connectivity index (χ2n) is 4.35. The summed E-state index contributed by atoms with van der Waals surface area (Å²) in [5.74, 6) is -0.0688. The molecular weight excluding hydrogens is 256 g/mol. The number of aryl methyl sites for hydroxylation is 1. The van der Waals surface area contributed by atoms with E-state index in [1.165, 1.54) is 11.8 Å². The summed E-state index contributed by atoms with van der Waals surface area (Å²) in [5, 5.41) is 5.80. The van der Waals surface area contributed by atoms with Crippen molar-refractivity contribution < 1.29 is 4.79 Å². The lowest BCUT2D eigenvalue weighted by Gasteiger charge is -2.10. The molecule has 1 heterocycles. The van der Waals surface area contributed by atoms with Crippen molar-refractivity contribution in [3.05, 3.63) is 47.0 Å². The molecule has 4 heteroatoms. The number of hydrogen-bond donors (Lipinski definition) is 1. The first-order valence-corrected chi connectivity index (χ1v) is 7.27. The molecule has 0 fully saturated rings. The number of carbonyl (C=O) groups excluding carboxylic acids is 1. The molecule has 98 valence electrons. The topological polar surface area (TPSA) is 42.0 Å². The second-order valence-corrected chi connectivity index (χ2v) is 5.06. The molecule has 0 aliphatic carbocycles. The third-order valence-electron chi connectivity index (χ3n) is 2.85. The molecule has 0 aliphatic heterocycles. The molecule has 0 unspecified atom stereocenters. The van der Waals surface area contributed by atoms with Crippen molar-refractivity contribution in [3.8, 4) is 0 Å². The van der Waals surface area contributed by atoms with Crippen LogP contribution in [0.15, 0.2) is 41.4 Å². The average molecular weight is 272 g/mol. The number of anilines is 1. The summed E-state index contributed by atoms with van der Waals surface area (Å²) in [6.07, 6.45) is 3.70. The maximum Gasteiger partial charge on any atom is 0.251 e. The number of amides is 1. The predicted molar refractivity (Wildman–Crippen MR) is 82.4 cm³/mol. The van der Waals surface area contributed by atoms with Crippen molar-refractivity contribution in [3.63, 3.8) is 0 Å². The normalized spacial score (nSPS) is 11.6. The number of thioether (sulfide) groups is 1. The van der Waals surface area contributed by atoms with E-state index in [2.05, 4.69) is 10.3 Å². The van der Waals surface area contributed by atoms with Gasteiger partial charge in [-0.3, -0.25) is 9.78 Å². The summed E-state index contributed by atoms with van der Waals surface area (Å²) < 4.78 is 0. The van der Waals surface area contributed by atoms with Crippen LogP contribution in [0.25, 0.3) is 10.9 Å². The first kappa shape index (κ1) is 13.6. The molecule has 1 N–H and O–H groups in total. The molecule has 2 rings (SSSR count). The monoisotopic (exact) mass is 272 g/mol. The number of nitrogens with one attached hydrogen (secondary N) is 1. The third-order valence-corrected chi connectivity index (χ3v) is 3.44. The van der Waals surface area contributed by atoms with E-state index in [0.717, 1.165) is 22.2 Å². The Labute approximate surface area is 117 Å². The van der Waals surface area contributed by atoms with E-state index >= 15 is 0 Å². The average Bonchev–Trinajstić information content (AvgIpc) is 2.39. The number of nitrogens with zero attached hydrogens (tertiary/aromatic N) is 1. The highest BCUT2D eigenvalue weighted by molar-refractivity contribution is 8.01. The second kappa shape index (κ2) is 5.89. The fraction of sp³-hybridized carbons (Fsp3) is 0.200. The van der Waals surface area contributed by atoms with Gasteiger partial charge in [0.05, 0.1) is 5.52 Å². The number of hydrogen-bond acceptors (Lipinski definition) is 3. The molecule has 0 atom stereocenters. The van der Waals surface area contributed by atoms with Crippen molar-refractivity contribution >= 4 is 34.3 Å². The third kappa shape index (κ3) is 3.15. The minimum Gasteiger partial charge on any atom is -0.322 e. The lowest BCUT2D eigenvalue weighted by atomic mass is 10.1. The van der Waals surface area contributed by atoms with E-state index in [1.807, 2.05) is 49.8 Å². The maximum atomic E-state index is 12.0. The van der Waals surface area contributed by atoms with Gasteiger partial charge in [0.2, 0.25) is 0 Å². The Hall–Kier alpha value is -1.81. The highest BCUT2D eigenvalue weighted by Gasteiger charge is 2.08. The minimum absolute atomic E-state index is 0.0688. The van der Waals surface area contributed by atoms with Crippen LogP contribution in [-0.4, -0.2) is 17.1 Å². The van der Waals surface area contributed by atoms with Gasteiger partial charge in [-0.25, -0.2) is 0 Å². The number of rotatable bonds is 3. The Kier molecular flexibility index (Phi) is 4.22. The summed E-state index contributed by atoms with van der Waals surface area (Å²) in [6.45, 7) is 3.78. The summed E-state index contributed by atoms with van der Waals surface area (Å²) in [4.78, 5) is 16.3. The van der Waals surface area contributed by atoms with Crippen LogP contribution in [0.3, 0.4) is 0 Å². The fourth-order valence-corrected chi connectivity index (χ4v) is 2.27. The molecule has 0 radical (unpaired) electrons. The number of benzene rings is 1. The molecule has 3 nitrogen and oxygen atoms in total. The first-order chi connectivity index (χ1) is 9.11. The van der Waals surface area contributed by atoms with Gasteiger partial charge in [0, 0.05) is 22.8 Å². The minimum atomic E-state index is -0.0688. The van der Waals surface area contributed by atoms with Gasteiger partial charge in [-0.1, -0.05) is 6.07 Å². The molecule has 0 saturated heterocycles. The highest BCUT2D eigenvalue weighted by Crippen LogP contribution is 2.22. The molecule has 0 saturated carbocycles. The molecular formula is C15H16N2OS. The summed E-state index contributed by atoms with van der Waals surface area (Å²) in [7, 11) is 0. The van der Waals surface area contributed by atoms with Crippen molar-refractivity contribution in [1.29, 1.82) is 0 Å².